The fraction of sp³-hybridized carbons (Fsp3) is 0.385. The minimum atomic E-state index is -3.63. The molecule has 0 spiro atoms. The van der Waals surface area contributed by atoms with Crippen LogP contribution in [-0.2, 0) is 9.84 Å². The van der Waals surface area contributed by atoms with Gasteiger partial charge in [-0.1, -0.05) is 19.0 Å². The molecule has 2 rings (SSSR count). The summed E-state index contributed by atoms with van der Waals surface area (Å²) in [7, 11) is -3.63. The van der Waals surface area contributed by atoms with Crippen LogP contribution in [0.25, 0.3) is 0 Å². The third kappa shape index (κ3) is 2.67. The van der Waals surface area contributed by atoms with Gasteiger partial charge >= 0.3 is 0 Å². The van der Waals surface area contributed by atoms with E-state index in [0.717, 1.165) is 0 Å². The van der Waals surface area contributed by atoms with Gasteiger partial charge in [0.05, 0.1) is 4.90 Å². The van der Waals surface area contributed by atoms with E-state index in [9.17, 15) is 13.5 Å². The van der Waals surface area contributed by atoms with E-state index < -0.39 is 15.1 Å². The van der Waals surface area contributed by atoms with Gasteiger partial charge in [-0.05, 0) is 31.2 Å². The van der Waals surface area contributed by atoms with Crippen LogP contribution in [-0.4, -0.2) is 23.7 Å². The van der Waals surface area contributed by atoms with Crippen molar-refractivity contribution in [2.75, 3.05) is 0 Å². The maximum absolute atomic E-state index is 12.4. The number of hydrogen-bond donors (Lipinski definition) is 1. The topological polar surface area (TPSA) is 93.3 Å². The van der Waals surface area contributed by atoms with Gasteiger partial charge in [0.1, 0.15) is 11.0 Å². The van der Waals surface area contributed by atoms with E-state index in [4.69, 9.17) is 4.52 Å². The third-order valence-corrected chi connectivity index (χ3v) is 5.01. The Labute approximate surface area is 117 Å². The van der Waals surface area contributed by atoms with E-state index in [2.05, 4.69) is 10.1 Å². The molecule has 108 valence electrons. The van der Waals surface area contributed by atoms with Gasteiger partial charge in [-0.2, -0.15) is 4.98 Å². The maximum atomic E-state index is 12.4. The summed E-state index contributed by atoms with van der Waals surface area (Å²) in [6.45, 7) is 5.29. The number of aromatic hydroxyl groups is 1. The molecule has 1 aromatic carbocycles. The van der Waals surface area contributed by atoms with Gasteiger partial charge in [0.2, 0.25) is 5.89 Å². The molecule has 1 heterocycles. The summed E-state index contributed by atoms with van der Waals surface area (Å²) in [5.41, 5.74) is 0. The summed E-state index contributed by atoms with van der Waals surface area (Å²) in [6, 6.07) is 5.35. The van der Waals surface area contributed by atoms with Crippen LogP contribution in [0.1, 0.15) is 43.7 Å². The Morgan fingerprint density at radius 2 is 1.75 bits per heavy atom. The third-order valence-electron chi connectivity index (χ3n) is 2.95. The minimum absolute atomic E-state index is 0.0106. The van der Waals surface area contributed by atoms with Crippen molar-refractivity contribution in [2.45, 2.75) is 36.8 Å². The van der Waals surface area contributed by atoms with Gasteiger partial charge in [0, 0.05) is 5.92 Å². The summed E-state index contributed by atoms with van der Waals surface area (Å²) < 4.78 is 29.9. The van der Waals surface area contributed by atoms with Gasteiger partial charge < -0.3 is 9.63 Å². The van der Waals surface area contributed by atoms with Crippen LogP contribution in [0, 0.1) is 0 Å². The zero-order valence-corrected chi connectivity index (χ0v) is 12.3. The zero-order valence-electron chi connectivity index (χ0n) is 11.4. The summed E-state index contributed by atoms with van der Waals surface area (Å²) in [4.78, 5) is 4.22. The monoisotopic (exact) mass is 296 g/mol. The van der Waals surface area contributed by atoms with E-state index in [-0.39, 0.29) is 22.5 Å². The number of phenols is 1. The predicted octanol–water partition coefficient (Wildman–Crippen LogP) is 2.43. The lowest BCUT2D eigenvalue weighted by Crippen LogP contribution is -2.11. The van der Waals surface area contributed by atoms with Crippen LogP contribution in [0.3, 0.4) is 0 Å². The quantitative estimate of drug-likeness (QED) is 0.931. The fourth-order valence-corrected chi connectivity index (χ4v) is 2.90. The van der Waals surface area contributed by atoms with Crippen molar-refractivity contribution in [3.8, 4) is 5.75 Å². The normalized spacial score (nSPS) is 13.6. The standard InChI is InChI=1S/C13H16N2O4S/c1-8(2)12-14-13(19-15-12)9(3)20(17,18)11-6-4-10(16)5-7-11/h4-9,16H,1-3H3. The first kappa shape index (κ1) is 14.5. The highest BCUT2D eigenvalue weighted by Gasteiger charge is 2.30. The highest BCUT2D eigenvalue weighted by molar-refractivity contribution is 7.91. The molecule has 1 N–H and O–H groups in total. The summed E-state index contributed by atoms with van der Waals surface area (Å²) in [5, 5.41) is 12.0. The zero-order chi connectivity index (χ0) is 14.9. The van der Waals surface area contributed by atoms with Crippen molar-refractivity contribution < 1.29 is 18.0 Å². The Kier molecular flexibility index (Phi) is 3.80. The summed E-state index contributed by atoms with van der Waals surface area (Å²) >= 11 is 0. The van der Waals surface area contributed by atoms with Crippen LogP contribution in [0.15, 0.2) is 33.7 Å². The minimum Gasteiger partial charge on any atom is -0.508 e. The molecule has 1 unspecified atom stereocenters. The second-order valence-corrected chi connectivity index (χ2v) is 7.10. The molecular formula is C13H16N2O4S. The molecule has 0 aliphatic carbocycles. The Hall–Kier alpha value is -1.89. The van der Waals surface area contributed by atoms with Crippen LogP contribution in [0.4, 0.5) is 0 Å². The van der Waals surface area contributed by atoms with Gasteiger partial charge in [0.15, 0.2) is 15.7 Å². The first-order valence-corrected chi connectivity index (χ1v) is 7.73. The van der Waals surface area contributed by atoms with Crippen molar-refractivity contribution in [2.24, 2.45) is 0 Å². The van der Waals surface area contributed by atoms with Crippen molar-refractivity contribution in [3.05, 3.63) is 36.0 Å². The smallest absolute Gasteiger partial charge is 0.245 e. The molecule has 0 saturated heterocycles. The number of benzene rings is 1. The molecule has 1 atom stereocenters. The van der Waals surface area contributed by atoms with Crippen LogP contribution < -0.4 is 0 Å². The second kappa shape index (κ2) is 5.24. The average Bonchev–Trinajstić information content (AvgIpc) is 2.88. The van der Waals surface area contributed by atoms with E-state index in [0.29, 0.717) is 5.82 Å². The molecule has 0 aliphatic heterocycles. The van der Waals surface area contributed by atoms with Crippen molar-refractivity contribution in [1.82, 2.24) is 10.1 Å². The number of nitrogens with zero attached hydrogens (tertiary/aromatic N) is 2. The highest BCUT2D eigenvalue weighted by Crippen LogP contribution is 2.28. The molecule has 2 aromatic rings. The number of rotatable bonds is 4. The largest absolute Gasteiger partial charge is 0.508 e. The lowest BCUT2D eigenvalue weighted by Gasteiger charge is -2.08. The molecule has 6 nitrogen and oxygen atoms in total. The molecule has 0 radical (unpaired) electrons. The van der Waals surface area contributed by atoms with E-state index in [1.54, 1.807) is 0 Å². The Morgan fingerprint density at radius 1 is 1.15 bits per heavy atom. The van der Waals surface area contributed by atoms with Crippen molar-refractivity contribution in [1.29, 1.82) is 0 Å². The molecule has 0 bridgehead atoms. The van der Waals surface area contributed by atoms with Crippen LogP contribution in [0.5, 0.6) is 5.75 Å². The first-order chi connectivity index (χ1) is 9.32. The lowest BCUT2D eigenvalue weighted by atomic mass is 10.2. The Morgan fingerprint density at radius 3 is 2.25 bits per heavy atom. The molecule has 7 heteroatoms. The van der Waals surface area contributed by atoms with Crippen LogP contribution in [0.2, 0.25) is 0 Å². The Balaban J connectivity index is 2.35. The van der Waals surface area contributed by atoms with Gasteiger partial charge in [-0.25, -0.2) is 8.42 Å². The van der Waals surface area contributed by atoms with E-state index in [1.807, 2.05) is 13.8 Å². The van der Waals surface area contributed by atoms with Gasteiger partial charge in [-0.3, -0.25) is 0 Å². The van der Waals surface area contributed by atoms with Crippen molar-refractivity contribution in [3.63, 3.8) is 0 Å². The first-order valence-electron chi connectivity index (χ1n) is 6.19. The fourth-order valence-electron chi connectivity index (χ4n) is 1.62. The van der Waals surface area contributed by atoms with Crippen molar-refractivity contribution >= 4 is 9.84 Å². The second-order valence-electron chi connectivity index (χ2n) is 4.83. The summed E-state index contributed by atoms with van der Waals surface area (Å²) in [5.74, 6) is 0.627. The molecule has 0 amide bonds. The highest BCUT2D eigenvalue weighted by atomic mass is 32.2. The average molecular weight is 296 g/mol. The summed E-state index contributed by atoms with van der Waals surface area (Å²) in [6.07, 6.45) is 0. The number of hydrogen-bond acceptors (Lipinski definition) is 6. The molecule has 0 saturated carbocycles. The Bertz CT molecular complexity index is 689. The SMILES string of the molecule is CC(C)c1noc(C(C)S(=O)(=O)c2ccc(O)cc2)n1. The molecule has 0 fully saturated rings. The maximum Gasteiger partial charge on any atom is 0.245 e. The van der Waals surface area contributed by atoms with Gasteiger partial charge in [-0.15, -0.1) is 0 Å². The van der Waals surface area contributed by atoms with Gasteiger partial charge in [0.25, 0.3) is 0 Å². The lowest BCUT2D eigenvalue weighted by molar-refractivity contribution is 0.369. The van der Waals surface area contributed by atoms with E-state index in [1.165, 1.54) is 31.2 Å². The molecular weight excluding hydrogens is 280 g/mol. The number of phenolic OH excluding ortho intramolecular Hbond substituents is 1. The number of aromatic nitrogens is 2. The number of sulfone groups is 1. The van der Waals surface area contributed by atoms with E-state index >= 15 is 0 Å². The molecule has 1 aromatic heterocycles. The van der Waals surface area contributed by atoms with Crippen LogP contribution >= 0.6 is 0 Å². The molecule has 20 heavy (non-hydrogen) atoms. The predicted molar refractivity (Wildman–Crippen MR) is 72.1 cm³/mol. The molecule has 0 aliphatic rings.